The number of carbonyl (C=O) groups is 2. The average Bonchev–Trinajstić information content (AvgIpc) is 2.45. The maximum Gasteiger partial charge on any atom is 0.326 e. The molecule has 0 aromatic carbocycles. The first-order valence-electron chi connectivity index (χ1n) is 5.01. The summed E-state index contributed by atoms with van der Waals surface area (Å²) in [5, 5.41) is 11.1. The lowest BCUT2D eigenvalue weighted by molar-refractivity contribution is -0.140. The third-order valence-electron chi connectivity index (χ3n) is 2.37. The van der Waals surface area contributed by atoms with E-state index in [2.05, 4.69) is 11.4 Å². The van der Waals surface area contributed by atoms with E-state index >= 15 is 0 Å². The molecule has 2 N–H and O–H groups in total. The van der Waals surface area contributed by atoms with Crippen LogP contribution in [0.15, 0.2) is 23.8 Å². The van der Waals surface area contributed by atoms with Gasteiger partial charge in [0.15, 0.2) is 0 Å². The van der Waals surface area contributed by atoms with Crippen LogP contribution < -0.4 is 5.32 Å². The SMILES string of the molecule is O=CNC(CC1=CC=CCCC1)C(=O)O. The number of carboxylic acid groups (broad SMARTS) is 1. The van der Waals surface area contributed by atoms with Crippen LogP contribution in [0, 0.1) is 0 Å². The minimum Gasteiger partial charge on any atom is -0.480 e. The van der Waals surface area contributed by atoms with Gasteiger partial charge in [-0.3, -0.25) is 4.79 Å². The maximum atomic E-state index is 10.8. The third kappa shape index (κ3) is 3.97. The van der Waals surface area contributed by atoms with Gasteiger partial charge in [-0.2, -0.15) is 0 Å². The van der Waals surface area contributed by atoms with E-state index in [1.54, 1.807) is 0 Å². The Morgan fingerprint density at radius 3 is 3.13 bits per heavy atom. The van der Waals surface area contributed by atoms with Crippen molar-refractivity contribution >= 4 is 12.4 Å². The van der Waals surface area contributed by atoms with Gasteiger partial charge in [0, 0.05) is 0 Å². The highest BCUT2D eigenvalue weighted by Gasteiger charge is 2.17. The zero-order valence-corrected chi connectivity index (χ0v) is 8.48. The number of amides is 1. The van der Waals surface area contributed by atoms with E-state index in [1.165, 1.54) is 0 Å². The van der Waals surface area contributed by atoms with Crippen molar-refractivity contribution in [3.05, 3.63) is 23.8 Å². The van der Waals surface area contributed by atoms with Crippen LogP contribution in [0.4, 0.5) is 0 Å². The normalized spacial score (nSPS) is 17.5. The fraction of sp³-hybridized carbons (Fsp3) is 0.455. The second-order valence-electron chi connectivity index (χ2n) is 3.52. The number of carboxylic acids is 1. The number of hydrogen-bond donors (Lipinski definition) is 2. The van der Waals surface area contributed by atoms with Crippen molar-refractivity contribution < 1.29 is 14.7 Å². The highest BCUT2D eigenvalue weighted by atomic mass is 16.4. The van der Waals surface area contributed by atoms with Gasteiger partial charge in [0.25, 0.3) is 0 Å². The zero-order chi connectivity index (χ0) is 11.1. The summed E-state index contributed by atoms with van der Waals surface area (Å²) in [6.45, 7) is 0. The van der Waals surface area contributed by atoms with Gasteiger partial charge in [-0.1, -0.05) is 23.8 Å². The molecule has 82 valence electrons. The summed E-state index contributed by atoms with van der Waals surface area (Å²) in [6.07, 6.45) is 9.74. The van der Waals surface area contributed by atoms with E-state index in [4.69, 9.17) is 5.11 Å². The van der Waals surface area contributed by atoms with Crippen molar-refractivity contribution in [3.63, 3.8) is 0 Å². The molecule has 4 nitrogen and oxygen atoms in total. The van der Waals surface area contributed by atoms with Gasteiger partial charge >= 0.3 is 5.97 Å². The maximum absolute atomic E-state index is 10.8. The Labute approximate surface area is 88.7 Å². The molecule has 0 aromatic heterocycles. The van der Waals surface area contributed by atoms with Gasteiger partial charge in [0.1, 0.15) is 6.04 Å². The molecule has 0 aliphatic heterocycles. The number of allylic oxidation sites excluding steroid dienone is 3. The van der Waals surface area contributed by atoms with E-state index in [1.807, 2.05) is 12.2 Å². The summed E-state index contributed by atoms with van der Waals surface area (Å²) in [4.78, 5) is 21.0. The summed E-state index contributed by atoms with van der Waals surface area (Å²) in [7, 11) is 0. The molecule has 0 aromatic rings. The van der Waals surface area contributed by atoms with Crippen molar-refractivity contribution in [2.75, 3.05) is 0 Å². The predicted octanol–water partition coefficient (Wildman–Crippen LogP) is 1.24. The fourth-order valence-corrected chi connectivity index (χ4v) is 1.56. The minimum absolute atomic E-state index is 0.387. The molecule has 1 aliphatic carbocycles. The van der Waals surface area contributed by atoms with Crippen LogP contribution in [0.1, 0.15) is 25.7 Å². The van der Waals surface area contributed by atoms with Crippen molar-refractivity contribution in [3.8, 4) is 0 Å². The van der Waals surface area contributed by atoms with Gasteiger partial charge in [-0.25, -0.2) is 4.79 Å². The molecule has 1 atom stereocenters. The van der Waals surface area contributed by atoms with Crippen LogP contribution in [-0.2, 0) is 9.59 Å². The Bertz CT molecular complexity index is 294. The molecule has 4 heteroatoms. The highest BCUT2D eigenvalue weighted by molar-refractivity contribution is 5.76. The van der Waals surface area contributed by atoms with Crippen LogP contribution in [-0.4, -0.2) is 23.5 Å². The first-order chi connectivity index (χ1) is 7.24. The van der Waals surface area contributed by atoms with Crippen LogP contribution in [0.3, 0.4) is 0 Å². The Morgan fingerprint density at radius 2 is 2.47 bits per heavy atom. The van der Waals surface area contributed by atoms with Crippen LogP contribution in [0.5, 0.6) is 0 Å². The van der Waals surface area contributed by atoms with Crippen LogP contribution in [0.2, 0.25) is 0 Å². The van der Waals surface area contributed by atoms with Gasteiger partial charge in [-0.15, -0.1) is 0 Å². The number of aliphatic carboxylic acids is 1. The van der Waals surface area contributed by atoms with E-state index in [0.717, 1.165) is 24.8 Å². The minimum atomic E-state index is -0.990. The molecular weight excluding hydrogens is 194 g/mol. The monoisotopic (exact) mass is 209 g/mol. The Hall–Kier alpha value is -1.58. The lowest BCUT2D eigenvalue weighted by atomic mass is 10.0. The first-order valence-corrected chi connectivity index (χ1v) is 5.01. The van der Waals surface area contributed by atoms with Crippen molar-refractivity contribution in [2.45, 2.75) is 31.7 Å². The molecule has 1 rings (SSSR count). The molecular formula is C11H15NO3. The smallest absolute Gasteiger partial charge is 0.326 e. The van der Waals surface area contributed by atoms with E-state index in [9.17, 15) is 9.59 Å². The molecule has 0 saturated heterocycles. The average molecular weight is 209 g/mol. The van der Waals surface area contributed by atoms with Crippen molar-refractivity contribution in [2.24, 2.45) is 0 Å². The van der Waals surface area contributed by atoms with E-state index in [-0.39, 0.29) is 0 Å². The lowest BCUT2D eigenvalue weighted by Gasteiger charge is -2.12. The number of nitrogens with one attached hydrogen (secondary N) is 1. The summed E-state index contributed by atoms with van der Waals surface area (Å²) in [6, 6.07) is -0.805. The van der Waals surface area contributed by atoms with Gasteiger partial charge < -0.3 is 10.4 Å². The summed E-state index contributed by atoms with van der Waals surface area (Å²) in [5.41, 5.74) is 1.07. The zero-order valence-electron chi connectivity index (χ0n) is 8.48. The van der Waals surface area contributed by atoms with Gasteiger partial charge in [-0.05, 0) is 25.7 Å². The fourth-order valence-electron chi connectivity index (χ4n) is 1.56. The molecule has 1 aliphatic rings. The van der Waals surface area contributed by atoms with Crippen molar-refractivity contribution in [1.82, 2.24) is 5.32 Å². The van der Waals surface area contributed by atoms with Crippen LogP contribution in [0.25, 0.3) is 0 Å². The molecule has 0 heterocycles. The highest BCUT2D eigenvalue weighted by Crippen LogP contribution is 2.17. The quantitative estimate of drug-likeness (QED) is 0.669. The largest absolute Gasteiger partial charge is 0.480 e. The van der Waals surface area contributed by atoms with Gasteiger partial charge in [0.05, 0.1) is 0 Å². The second-order valence-corrected chi connectivity index (χ2v) is 3.52. The lowest BCUT2D eigenvalue weighted by Crippen LogP contribution is -2.36. The molecule has 1 amide bonds. The number of hydrogen-bond acceptors (Lipinski definition) is 2. The molecule has 15 heavy (non-hydrogen) atoms. The van der Waals surface area contributed by atoms with Gasteiger partial charge in [0.2, 0.25) is 6.41 Å². The second kappa shape index (κ2) is 6.01. The van der Waals surface area contributed by atoms with E-state index in [0.29, 0.717) is 12.8 Å². The molecule has 0 radical (unpaired) electrons. The molecule has 0 saturated carbocycles. The predicted molar refractivity (Wildman–Crippen MR) is 56.3 cm³/mol. The standard InChI is InChI=1S/C11H15NO3/c13-8-12-10(11(14)15)7-9-5-3-1-2-4-6-9/h1,3,5,8,10H,2,4,6-7H2,(H,12,13)(H,14,15). The third-order valence-corrected chi connectivity index (χ3v) is 2.37. The molecule has 1 unspecified atom stereocenters. The Morgan fingerprint density at radius 1 is 1.67 bits per heavy atom. The first kappa shape index (κ1) is 11.5. The number of rotatable bonds is 5. The van der Waals surface area contributed by atoms with Crippen LogP contribution >= 0.6 is 0 Å². The topological polar surface area (TPSA) is 66.4 Å². The summed E-state index contributed by atoms with van der Waals surface area (Å²) >= 11 is 0. The molecule has 0 bridgehead atoms. The Balaban J connectivity index is 2.56. The summed E-state index contributed by atoms with van der Waals surface area (Å²) < 4.78 is 0. The summed E-state index contributed by atoms with van der Waals surface area (Å²) in [5.74, 6) is -0.990. The number of carbonyl (C=O) groups excluding carboxylic acids is 1. The molecule has 0 spiro atoms. The molecule has 0 fully saturated rings. The Kier molecular flexibility index (Phi) is 4.60. The van der Waals surface area contributed by atoms with E-state index < -0.39 is 12.0 Å². The van der Waals surface area contributed by atoms with Crippen molar-refractivity contribution in [1.29, 1.82) is 0 Å².